The monoisotopic (exact) mass is 401 g/mol. The van der Waals surface area contributed by atoms with Crippen LogP contribution in [0, 0.1) is 0 Å². The SMILES string of the molecule is COc1cc(/C=C(\CC(=O)[O-])c2nc(-c3ccsc3)no2)cc(OC)c1OC. The molecule has 0 unspecified atom stereocenters. The number of nitrogens with zero attached hydrogens (tertiary/aromatic N) is 2. The van der Waals surface area contributed by atoms with Gasteiger partial charge in [0.2, 0.25) is 11.6 Å². The van der Waals surface area contributed by atoms with E-state index in [2.05, 4.69) is 10.1 Å². The molecule has 8 nitrogen and oxygen atoms in total. The van der Waals surface area contributed by atoms with Crippen LogP contribution in [0.5, 0.6) is 17.2 Å². The molecule has 0 aliphatic rings. The van der Waals surface area contributed by atoms with Gasteiger partial charge in [-0.25, -0.2) is 0 Å². The molecule has 3 aromatic rings. The third-order valence-electron chi connectivity index (χ3n) is 3.84. The largest absolute Gasteiger partial charge is 0.550 e. The Kier molecular flexibility index (Phi) is 5.95. The molecule has 1 aromatic carbocycles. The normalized spacial score (nSPS) is 11.3. The number of benzene rings is 1. The number of carbonyl (C=O) groups is 1. The zero-order chi connectivity index (χ0) is 20.1. The summed E-state index contributed by atoms with van der Waals surface area (Å²) in [6, 6.07) is 5.22. The molecule has 0 fully saturated rings. The Morgan fingerprint density at radius 2 is 1.93 bits per heavy atom. The van der Waals surface area contributed by atoms with Crippen LogP contribution in [-0.4, -0.2) is 37.4 Å². The van der Waals surface area contributed by atoms with Gasteiger partial charge in [-0.3, -0.25) is 0 Å². The van der Waals surface area contributed by atoms with Crippen molar-refractivity contribution in [2.24, 2.45) is 0 Å². The quantitative estimate of drug-likeness (QED) is 0.567. The number of aromatic nitrogens is 2. The average molecular weight is 401 g/mol. The molecular formula is C19H17N2O6S-. The summed E-state index contributed by atoms with van der Waals surface area (Å²) in [5, 5.41) is 18.9. The number of ether oxygens (including phenoxy) is 3. The van der Waals surface area contributed by atoms with Gasteiger partial charge in [-0.2, -0.15) is 16.3 Å². The number of carbonyl (C=O) groups excluding carboxylic acids is 1. The first-order chi connectivity index (χ1) is 13.5. The number of hydrogen-bond donors (Lipinski definition) is 0. The Labute approximate surface area is 165 Å². The lowest BCUT2D eigenvalue weighted by atomic mass is 10.1. The van der Waals surface area contributed by atoms with Gasteiger partial charge in [0.1, 0.15) is 0 Å². The molecule has 0 spiro atoms. The van der Waals surface area contributed by atoms with E-state index in [0.29, 0.717) is 34.2 Å². The van der Waals surface area contributed by atoms with Gasteiger partial charge in [0.25, 0.3) is 5.89 Å². The smallest absolute Gasteiger partial charge is 0.254 e. The molecule has 0 atom stereocenters. The minimum atomic E-state index is -1.27. The van der Waals surface area contributed by atoms with Crippen molar-refractivity contribution in [3.63, 3.8) is 0 Å². The Bertz CT molecular complexity index is 969. The average Bonchev–Trinajstić information content (AvgIpc) is 3.37. The van der Waals surface area contributed by atoms with E-state index in [-0.39, 0.29) is 5.89 Å². The second kappa shape index (κ2) is 8.57. The summed E-state index contributed by atoms with van der Waals surface area (Å²) >= 11 is 1.50. The molecule has 146 valence electrons. The number of aliphatic carboxylic acids is 1. The van der Waals surface area contributed by atoms with Crippen LogP contribution in [0.15, 0.2) is 33.5 Å². The van der Waals surface area contributed by atoms with E-state index in [1.165, 1.54) is 32.7 Å². The first-order valence-electron chi connectivity index (χ1n) is 8.12. The van der Waals surface area contributed by atoms with E-state index in [1.54, 1.807) is 18.2 Å². The molecule has 2 aromatic heterocycles. The topological polar surface area (TPSA) is 107 Å². The second-order valence-electron chi connectivity index (χ2n) is 5.61. The molecule has 0 aliphatic carbocycles. The number of thiophene rings is 1. The van der Waals surface area contributed by atoms with E-state index in [1.807, 2.05) is 16.8 Å². The molecule has 0 bridgehead atoms. The summed E-state index contributed by atoms with van der Waals surface area (Å²) < 4.78 is 21.2. The second-order valence-corrected chi connectivity index (χ2v) is 6.39. The van der Waals surface area contributed by atoms with Crippen LogP contribution in [-0.2, 0) is 4.79 Å². The lowest BCUT2D eigenvalue weighted by Crippen LogP contribution is -2.22. The highest BCUT2D eigenvalue weighted by atomic mass is 32.1. The van der Waals surface area contributed by atoms with Crippen molar-refractivity contribution in [2.45, 2.75) is 6.42 Å². The fraction of sp³-hybridized carbons (Fsp3) is 0.211. The van der Waals surface area contributed by atoms with Crippen molar-refractivity contribution < 1.29 is 28.6 Å². The maximum atomic E-state index is 11.2. The summed E-state index contributed by atoms with van der Waals surface area (Å²) in [6.07, 6.45) is 1.20. The van der Waals surface area contributed by atoms with E-state index < -0.39 is 12.4 Å². The van der Waals surface area contributed by atoms with Crippen molar-refractivity contribution in [3.8, 4) is 28.6 Å². The fourth-order valence-corrected chi connectivity index (χ4v) is 3.23. The van der Waals surface area contributed by atoms with Crippen LogP contribution in [0.4, 0.5) is 0 Å². The van der Waals surface area contributed by atoms with Crippen molar-refractivity contribution in [3.05, 3.63) is 40.4 Å². The van der Waals surface area contributed by atoms with Gasteiger partial charge in [0.05, 0.1) is 21.3 Å². The van der Waals surface area contributed by atoms with Crippen LogP contribution in [0.25, 0.3) is 23.0 Å². The predicted octanol–water partition coefficient (Wildman–Crippen LogP) is 2.50. The summed E-state index contributed by atoms with van der Waals surface area (Å²) in [7, 11) is 4.50. The number of methoxy groups -OCH3 is 3. The number of carboxylic acid groups (broad SMARTS) is 1. The molecule has 0 saturated heterocycles. The standard InChI is InChI=1S/C19H18N2O6S/c1-24-14-7-11(8-15(25-2)17(14)26-3)6-13(9-16(22)23)19-20-18(21-27-19)12-4-5-28-10-12/h4-8,10H,9H2,1-3H3,(H,22,23)/p-1/b13-6+. The number of rotatable bonds is 8. The van der Waals surface area contributed by atoms with Gasteiger partial charge >= 0.3 is 0 Å². The summed E-state index contributed by atoms with van der Waals surface area (Å²) in [4.78, 5) is 15.5. The van der Waals surface area contributed by atoms with Crippen LogP contribution in [0.2, 0.25) is 0 Å². The highest BCUT2D eigenvalue weighted by Gasteiger charge is 2.16. The lowest BCUT2D eigenvalue weighted by molar-refractivity contribution is -0.304. The molecule has 9 heteroatoms. The van der Waals surface area contributed by atoms with Gasteiger partial charge in [-0.15, -0.1) is 0 Å². The molecule has 28 heavy (non-hydrogen) atoms. The minimum absolute atomic E-state index is 0.0964. The zero-order valence-corrected chi connectivity index (χ0v) is 16.2. The maximum absolute atomic E-state index is 11.2. The molecule has 0 amide bonds. The van der Waals surface area contributed by atoms with Crippen LogP contribution >= 0.6 is 11.3 Å². The minimum Gasteiger partial charge on any atom is -0.550 e. The van der Waals surface area contributed by atoms with E-state index >= 15 is 0 Å². The summed E-state index contributed by atoms with van der Waals surface area (Å²) in [5.74, 6) is 0.510. The summed E-state index contributed by atoms with van der Waals surface area (Å²) in [5.41, 5.74) is 1.70. The fourth-order valence-electron chi connectivity index (χ4n) is 2.59. The Hall–Kier alpha value is -3.33. The zero-order valence-electron chi connectivity index (χ0n) is 15.4. The first-order valence-corrected chi connectivity index (χ1v) is 9.07. The highest BCUT2D eigenvalue weighted by molar-refractivity contribution is 7.08. The Morgan fingerprint density at radius 3 is 2.46 bits per heavy atom. The van der Waals surface area contributed by atoms with Gasteiger partial charge in [-0.05, 0) is 35.2 Å². The molecule has 0 radical (unpaired) electrons. The lowest BCUT2D eigenvalue weighted by Gasteiger charge is -2.13. The van der Waals surface area contributed by atoms with Crippen molar-refractivity contribution in [2.75, 3.05) is 21.3 Å². The van der Waals surface area contributed by atoms with E-state index in [4.69, 9.17) is 18.7 Å². The predicted molar refractivity (Wildman–Crippen MR) is 101 cm³/mol. The van der Waals surface area contributed by atoms with Gasteiger partial charge in [0.15, 0.2) is 11.5 Å². The van der Waals surface area contributed by atoms with Gasteiger partial charge in [-0.1, -0.05) is 5.16 Å². The molecule has 0 N–H and O–H groups in total. The molecule has 3 rings (SSSR count). The maximum Gasteiger partial charge on any atom is 0.254 e. The highest BCUT2D eigenvalue weighted by Crippen LogP contribution is 2.39. The van der Waals surface area contributed by atoms with Crippen LogP contribution in [0.1, 0.15) is 17.9 Å². The molecular weight excluding hydrogens is 384 g/mol. The van der Waals surface area contributed by atoms with Crippen LogP contribution in [0.3, 0.4) is 0 Å². The van der Waals surface area contributed by atoms with E-state index in [0.717, 1.165) is 5.56 Å². The van der Waals surface area contributed by atoms with Crippen molar-refractivity contribution in [1.82, 2.24) is 10.1 Å². The van der Waals surface area contributed by atoms with Gasteiger partial charge in [0, 0.05) is 28.9 Å². The van der Waals surface area contributed by atoms with Crippen LogP contribution < -0.4 is 19.3 Å². The number of carboxylic acids is 1. The van der Waals surface area contributed by atoms with Gasteiger partial charge < -0.3 is 28.6 Å². The van der Waals surface area contributed by atoms with Crippen molar-refractivity contribution >= 4 is 29.0 Å². The molecule has 0 saturated carbocycles. The third kappa shape index (κ3) is 4.15. The third-order valence-corrected chi connectivity index (χ3v) is 4.53. The Morgan fingerprint density at radius 1 is 1.21 bits per heavy atom. The first kappa shape index (κ1) is 19.4. The van der Waals surface area contributed by atoms with E-state index in [9.17, 15) is 9.90 Å². The molecule has 2 heterocycles. The summed E-state index contributed by atoms with van der Waals surface area (Å²) in [6.45, 7) is 0. The number of hydrogen-bond acceptors (Lipinski definition) is 9. The van der Waals surface area contributed by atoms with Crippen molar-refractivity contribution in [1.29, 1.82) is 0 Å². The molecule has 0 aliphatic heterocycles. The Balaban J connectivity index is 2.05.